The minimum atomic E-state index is -3.06. The average molecular weight is 375 g/mol. The van der Waals surface area contributed by atoms with Crippen molar-refractivity contribution in [3.63, 3.8) is 0 Å². The molecule has 0 bridgehead atoms. The van der Waals surface area contributed by atoms with Gasteiger partial charge >= 0.3 is 0 Å². The zero-order chi connectivity index (χ0) is 18.7. The number of para-hydroxylation sites is 2. The summed E-state index contributed by atoms with van der Waals surface area (Å²) >= 11 is 0. The Balaban J connectivity index is 1.59. The number of nitrogens with one attached hydrogen (secondary N) is 1. The maximum Gasteiger partial charge on any atom is 0.265 e. The first-order valence-corrected chi connectivity index (χ1v) is 10.3. The van der Waals surface area contributed by atoms with Crippen molar-refractivity contribution < 1.29 is 22.7 Å². The summed E-state index contributed by atoms with van der Waals surface area (Å²) in [6, 6.07) is 14.4. The summed E-state index contributed by atoms with van der Waals surface area (Å²) in [4.78, 5) is 12.5. The molecular formula is C19H21NO5S. The molecule has 138 valence electrons. The number of carbonyl (C=O) groups excluding carboxylic acids is 1. The number of ether oxygens (including phenoxy) is 2. The van der Waals surface area contributed by atoms with Gasteiger partial charge in [0.1, 0.15) is 6.10 Å². The number of carbonyl (C=O) groups is 1. The number of amides is 1. The minimum Gasteiger partial charge on any atom is -0.482 e. The third-order valence-corrected chi connectivity index (χ3v) is 4.88. The van der Waals surface area contributed by atoms with E-state index in [1.807, 2.05) is 12.1 Å². The standard InChI is InChI=1S/C19H21NO5S/c1-13-18(25-17-6-4-3-5-16(17)24-13)19(21)20-11-14-7-9-15(10-8-14)12-26(2,22)23/h3-10,13,18H,11-12H2,1-2H3,(H,20,21). The van der Waals surface area contributed by atoms with Crippen LogP contribution in [0.1, 0.15) is 18.1 Å². The number of hydrogen-bond acceptors (Lipinski definition) is 5. The first-order valence-electron chi connectivity index (χ1n) is 8.27. The number of hydrogen-bond donors (Lipinski definition) is 1. The average Bonchev–Trinajstić information content (AvgIpc) is 2.59. The molecule has 0 saturated heterocycles. The van der Waals surface area contributed by atoms with Crippen molar-refractivity contribution in [2.24, 2.45) is 0 Å². The van der Waals surface area contributed by atoms with Crippen LogP contribution in [-0.4, -0.2) is 32.8 Å². The van der Waals surface area contributed by atoms with E-state index in [4.69, 9.17) is 9.47 Å². The Hall–Kier alpha value is -2.54. The second-order valence-corrected chi connectivity index (χ2v) is 8.55. The van der Waals surface area contributed by atoms with E-state index in [1.54, 1.807) is 43.3 Å². The molecule has 3 rings (SSSR count). The van der Waals surface area contributed by atoms with Crippen molar-refractivity contribution in [1.82, 2.24) is 5.32 Å². The number of benzene rings is 2. The lowest BCUT2D eigenvalue weighted by Gasteiger charge is -2.31. The van der Waals surface area contributed by atoms with E-state index in [0.29, 0.717) is 18.0 Å². The second-order valence-electron chi connectivity index (χ2n) is 6.41. The highest BCUT2D eigenvalue weighted by molar-refractivity contribution is 7.89. The molecule has 7 heteroatoms. The predicted octanol–water partition coefficient (Wildman–Crippen LogP) is 2.08. The van der Waals surface area contributed by atoms with Crippen LogP contribution in [0.4, 0.5) is 0 Å². The van der Waals surface area contributed by atoms with Gasteiger partial charge in [0.05, 0.1) is 5.75 Å². The quantitative estimate of drug-likeness (QED) is 0.865. The van der Waals surface area contributed by atoms with Gasteiger partial charge in [-0.2, -0.15) is 0 Å². The van der Waals surface area contributed by atoms with Gasteiger partial charge in [-0.3, -0.25) is 4.79 Å². The van der Waals surface area contributed by atoms with Crippen LogP contribution in [0.3, 0.4) is 0 Å². The van der Waals surface area contributed by atoms with Gasteiger partial charge in [0.2, 0.25) is 6.10 Å². The van der Waals surface area contributed by atoms with E-state index in [1.165, 1.54) is 6.26 Å². The van der Waals surface area contributed by atoms with Crippen molar-refractivity contribution in [3.05, 3.63) is 59.7 Å². The Morgan fingerprint density at radius 2 is 1.58 bits per heavy atom. The molecule has 0 fully saturated rings. The largest absolute Gasteiger partial charge is 0.482 e. The van der Waals surface area contributed by atoms with E-state index in [9.17, 15) is 13.2 Å². The smallest absolute Gasteiger partial charge is 0.265 e. The summed E-state index contributed by atoms with van der Waals surface area (Å²) in [5.41, 5.74) is 1.59. The Bertz CT molecular complexity index is 892. The van der Waals surface area contributed by atoms with Crippen LogP contribution in [0, 0.1) is 0 Å². The Morgan fingerprint density at radius 3 is 2.19 bits per heavy atom. The number of rotatable bonds is 5. The number of fused-ring (bicyclic) bond motifs is 1. The Labute approximate surface area is 153 Å². The van der Waals surface area contributed by atoms with E-state index >= 15 is 0 Å². The molecule has 1 aliphatic heterocycles. The normalized spacial score (nSPS) is 19.0. The Kier molecular flexibility index (Phi) is 5.18. The topological polar surface area (TPSA) is 81.7 Å². The summed E-state index contributed by atoms with van der Waals surface area (Å²) in [6.07, 6.45) is 0.0728. The van der Waals surface area contributed by atoms with Crippen molar-refractivity contribution >= 4 is 15.7 Å². The molecule has 1 amide bonds. The maximum absolute atomic E-state index is 12.5. The molecule has 1 aliphatic rings. The third kappa shape index (κ3) is 4.54. The molecule has 2 aromatic carbocycles. The van der Waals surface area contributed by atoms with Gasteiger partial charge in [-0.25, -0.2) is 8.42 Å². The third-order valence-electron chi connectivity index (χ3n) is 4.02. The Morgan fingerprint density at radius 1 is 1.00 bits per heavy atom. The number of sulfone groups is 1. The molecule has 2 aromatic rings. The maximum atomic E-state index is 12.5. The fourth-order valence-electron chi connectivity index (χ4n) is 2.75. The van der Waals surface area contributed by atoms with E-state index < -0.39 is 22.0 Å². The molecule has 0 aromatic heterocycles. The summed E-state index contributed by atoms with van der Waals surface area (Å²) in [7, 11) is -3.06. The minimum absolute atomic E-state index is 0.00379. The first kappa shape index (κ1) is 18.3. The highest BCUT2D eigenvalue weighted by Crippen LogP contribution is 2.33. The van der Waals surface area contributed by atoms with Crippen LogP contribution < -0.4 is 14.8 Å². The molecule has 0 saturated carbocycles. The molecule has 1 N–H and O–H groups in total. The van der Waals surface area contributed by atoms with Crippen LogP contribution in [0.5, 0.6) is 11.5 Å². The second kappa shape index (κ2) is 7.37. The van der Waals surface area contributed by atoms with Gasteiger partial charge in [-0.1, -0.05) is 36.4 Å². The molecule has 6 nitrogen and oxygen atoms in total. The molecule has 0 spiro atoms. The summed E-state index contributed by atoms with van der Waals surface area (Å²) in [5, 5.41) is 2.84. The summed E-state index contributed by atoms with van der Waals surface area (Å²) in [5.74, 6) is 0.928. The van der Waals surface area contributed by atoms with Crippen LogP contribution in [0.15, 0.2) is 48.5 Å². The lowest BCUT2D eigenvalue weighted by Crippen LogP contribution is -2.48. The SMILES string of the molecule is CC1Oc2ccccc2OC1C(=O)NCc1ccc(CS(C)(=O)=O)cc1. The van der Waals surface area contributed by atoms with E-state index in [-0.39, 0.29) is 11.7 Å². The summed E-state index contributed by atoms with van der Waals surface area (Å²) in [6.45, 7) is 2.12. The lowest BCUT2D eigenvalue weighted by molar-refractivity contribution is -0.133. The van der Waals surface area contributed by atoms with E-state index in [2.05, 4.69) is 5.32 Å². The van der Waals surface area contributed by atoms with Crippen molar-refractivity contribution in [2.45, 2.75) is 31.4 Å². The lowest BCUT2D eigenvalue weighted by atomic mass is 10.1. The van der Waals surface area contributed by atoms with Gasteiger partial charge < -0.3 is 14.8 Å². The molecule has 26 heavy (non-hydrogen) atoms. The summed E-state index contributed by atoms with van der Waals surface area (Å²) < 4.78 is 34.1. The van der Waals surface area contributed by atoms with E-state index in [0.717, 1.165) is 11.1 Å². The highest BCUT2D eigenvalue weighted by Gasteiger charge is 2.33. The van der Waals surface area contributed by atoms with Crippen LogP contribution >= 0.6 is 0 Å². The fourth-order valence-corrected chi connectivity index (χ4v) is 3.55. The highest BCUT2D eigenvalue weighted by atomic mass is 32.2. The predicted molar refractivity (Wildman–Crippen MR) is 97.8 cm³/mol. The molecular weight excluding hydrogens is 354 g/mol. The van der Waals surface area contributed by atoms with Gasteiger partial charge in [0.25, 0.3) is 5.91 Å². The molecule has 1 heterocycles. The fraction of sp³-hybridized carbons (Fsp3) is 0.316. The first-order chi connectivity index (χ1) is 12.3. The monoisotopic (exact) mass is 375 g/mol. The van der Waals surface area contributed by atoms with Gasteiger partial charge in [0.15, 0.2) is 21.3 Å². The van der Waals surface area contributed by atoms with Crippen LogP contribution in [0.2, 0.25) is 0 Å². The molecule has 0 aliphatic carbocycles. The van der Waals surface area contributed by atoms with Crippen LogP contribution in [-0.2, 0) is 26.9 Å². The molecule has 2 unspecified atom stereocenters. The van der Waals surface area contributed by atoms with Gasteiger partial charge in [0, 0.05) is 12.8 Å². The van der Waals surface area contributed by atoms with Crippen molar-refractivity contribution in [3.8, 4) is 11.5 Å². The van der Waals surface area contributed by atoms with Crippen molar-refractivity contribution in [1.29, 1.82) is 0 Å². The molecule has 2 atom stereocenters. The van der Waals surface area contributed by atoms with Gasteiger partial charge in [-0.15, -0.1) is 0 Å². The zero-order valence-electron chi connectivity index (χ0n) is 14.6. The van der Waals surface area contributed by atoms with Crippen molar-refractivity contribution in [2.75, 3.05) is 6.26 Å². The van der Waals surface area contributed by atoms with Crippen LogP contribution in [0.25, 0.3) is 0 Å². The van der Waals surface area contributed by atoms with Gasteiger partial charge in [-0.05, 0) is 30.2 Å². The molecule has 0 radical (unpaired) electrons. The zero-order valence-corrected chi connectivity index (χ0v) is 15.5.